The van der Waals surface area contributed by atoms with Crippen LogP contribution in [-0.4, -0.2) is 59.3 Å². The summed E-state index contributed by atoms with van der Waals surface area (Å²) in [7, 11) is 0. The van der Waals surface area contributed by atoms with Gasteiger partial charge in [-0.2, -0.15) is 0 Å². The molecule has 130 valence electrons. The fourth-order valence-corrected chi connectivity index (χ4v) is 3.57. The number of anilines is 1. The molecule has 1 aliphatic heterocycles. The Hall–Kier alpha value is -1.95. The Balaban J connectivity index is 1.41. The zero-order chi connectivity index (χ0) is 16.8. The van der Waals surface area contributed by atoms with Crippen molar-refractivity contribution in [2.75, 3.05) is 38.0 Å². The van der Waals surface area contributed by atoms with Gasteiger partial charge in [0.15, 0.2) is 0 Å². The molecule has 2 aliphatic rings. The molecule has 0 radical (unpaired) electrons. The smallest absolute Gasteiger partial charge is 0.238 e. The molecular formula is C18H26N4O2. The Morgan fingerprint density at radius 2 is 1.71 bits per heavy atom. The van der Waals surface area contributed by atoms with Crippen molar-refractivity contribution < 1.29 is 9.59 Å². The molecule has 1 N–H and O–H groups in total. The highest BCUT2D eigenvalue weighted by Crippen LogP contribution is 2.25. The first kappa shape index (κ1) is 16.9. The molecule has 2 amide bonds. The number of aromatic nitrogens is 1. The molecule has 2 heterocycles. The largest absolute Gasteiger partial charge is 0.340 e. The fourth-order valence-electron chi connectivity index (χ4n) is 3.57. The molecule has 1 aliphatic carbocycles. The van der Waals surface area contributed by atoms with E-state index in [0.29, 0.717) is 12.5 Å². The minimum Gasteiger partial charge on any atom is -0.340 e. The summed E-state index contributed by atoms with van der Waals surface area (Å²) in [4.78, 5) is 32.7. The molecule has 24 heavy (non-hydrogen) atoms. The molecule has 2 fully saturated rings. The Morgan fingerprint density at radius 3 is 2.38 bits per heavy atom. The van der Waals surface area contributed by atoms with E-state index >= 15 is 0 Å². The molecule has 1 aromatic rings. The number of nitrogens with one attached hydrogen (secondary N) is 1. The zero-order valence-electron chi connectivity index (χ0n) is 14.1. The summed E-state index contributed by atoms with van der Waals surface area (Å²) in [5, 5.41) is 2.87. The zero-order valence-corrected chi connectivity index (χ0v) is 14.1. The fraction of sp³-hybridized carbons (Fsp3) is 0.611. The van der Waals surface area contributed by atoms with Crippen LogP contribution in [0.25, 0.3) is 0 Å². The lowest BCUT2D eigenvalue weighted by molar-refractivity contribution is -0.138. The van der Waals surface area contributed by atoms with Crippen molar-refractivity contribution in [3.05, 3.63) is 24.5 Å². The van der Waals surface area contributed by atoms with Gasteiger partial charge in [0.1, 0.15) is 0 Å². The Morgan fingerprint density at radius 1 is 1.04 bits per heavy atom. The number of pyridine rings is 1. The minimum atomic E-state index is -0.0201. The van der Waals surface area contributed by atoms with Crippen LogP contribution in [0.15, 0.2) is 24.5 Å². The van der Waals surface area contributed by atoms with Gasteiger partial charge in [-0.3, -0.25) is 19.5 Å². The van der Waals surface area contributed by atoms with E-state index in [1.807, 2.05) is 4.90 Å². The van der Waals surface area contributed by atoms with Crippen LogP contribution in [0.1, 0.15) is 32.1 Å². The summed E-state index contributed by atoms with van der Waals surface area (Å²) < 4.78 is 0. The van der Waals surface area contributed by atoms with Crippen LogP contribution in [0.2, 0.25) is 0 Å². The van der Waals surface area contributed by atoms with Crippen molar-refractivity contribution in [1.29, 1.82) is 0 Å². The van der Waals surface area contributed by atoms with E-state index < -0.39 is 0 Å². The summed E-state index contributed by atoms with van der Waals surface area (Å²) in [6.07, 6.45) is 9.05. The second-order valence-electron chi connectivity index (χ2n) is 6.72. The highest BCUT2D eigenvalue weighted by Gasteiger charge is 2.28. The van der Waals surface area contributed by atoms with Crippen LogP contribution in [0.5, 0.6) is 0 Å². The average Bonchev–Trinajstić information content (AvgIpc) is 2.63. The van der Waals surface area contributed by atoms with Crippen molar-refractivity contribution in [3.63, 3.8) is 0 Å². The van der Waals surface area contributed by atoms with E-state index in [2.05, 4.69) is 15.2 Å². The van der Waals surface area contributed by atoms with Crippen LogP contribution in [-0.2, 0) is 9.59 Å². The first-order valence-electron chi connectivity index (χ1n) is 8.93. The maximum Gasteiger partial charge on any atom is 0.238 e. The van der Waals surface area contributed by atoms with Crippen molar-refractivity contribution in [2.24, 2.45) is 5.92 Å². The van der Waals surface area contributed by atoms with Gasteiger partial charge in [0, 0.05) is 50.2 Å². The van der Waals surface area contributed by atoms with Gasteiger partial charge in [0.05, 0.1) is 6.54 Å². The number of carbonyl (C=O) groups is 2. The predicted octanol–water partition coefficient (Wildman–Crippen LogP) is 1.74. The van der Waals surface area contributed by atoms with Gasteiger partial charge < -0.3 is 10.2 Å². The molecular weight excluding hydrogens is 304 g/mol. The number of piperazine rings is 1. The summed E-state index contributed by atoms with van der Waals surface area (Å²) in [5.41, 5.74) is 0.765. The first-order valence-corrected chi connectivity index (χ1v) is 8.93. The lowest BCUT2D eigenvalue weighted by atomic mass is 9.88. The van der Waals surface area contributed by atoms with E-state index in [1.54, 1.807) is 24.5 Å². The van der Waals surface area contributed by atoms with E-state index in [-0.39, 0.29) is 11.8 Å². The average molecular weight is 330 g/mol. The van der Waals surface area contributed by atoms with Crippen LogP contribution < -0.4 is 5.32 Å². The van der Waals surface area contributed by atoms with Crippen LogP contribution >= 0.6 is 0 Å². The van der Waals surface area contributed by atoms with E-state index in [4.69, 9.17) is 0 Å². The normalized spacial score (nSPS) is 19.9. The molecule has 6 nitrogen and oxygen atoms in total. The maximum atomic E-state index is 12.5. The highest BCUT2D eigenvalue weighted by molar-refractivity contribution is 5.92. The van der Waals surface area contributed by atoms with Crippen molar-refractivity contribution in [2.45, 2.75) is 32.1 Å². The lowest BCUT2D eigenvalue weighted by Gasteiger charge is -2.36. The van der Waals surface area contributed by atoms with Crippen molar-refractivity contribution in [1.82, 2.24) is 14.8 Å². The molecule has 6 heteroatoms. The van der Waals surface area contributed by atoms with E-state index in [1.165, 1.54) is 19.3 Å². The number of hydrogen-bond donors (Lipinski definition) is 1. The second-order valence-corrected chi connectivity index (χ2v) is 6.72. The van der Waals surface area contributed by atoms with Gasteiger partial charge in [0.25, 0.3) is 0 Å². The number of rotatable bonds is 4. The molecule has 3 rings (SSSR count). The molecule has 1 aromatic heterocycles. The van der Waals surface area contributed by atoms with Gasteiger partial charge in [-0.05, 0) is 25.0 Å². The predicted molar refractivity (Wildman–Crippen MR) is 92.5 cm³/mol. The molecule has 0 spiro atoms. The summed E-state index contributed by atoms with van der Waals surface area (Å²) >= 11 is 0. The van der Waals surface area contributed by atoms with Crippen LogP contribution in [0.4, 0.5) is 5.69 Å². The summed E-state index contributed by atoms with van der Waals surface area (Å²) in [6, 6.07) is 3.55. The SMILES string of the molecule is O=C(CN1CCN(C(=O)C2CCCCC2)CC1)Nc1ccncc1. The molecule has 1 saturated heterocycles. The standard InChI is InChI=1S/C18H26N4O2/c23-17(20-16-6-8-19-9-7-16)14-21-10-12-22(13-11-21)18(24)15-4-2-1-3-5-15/h6-9,15H,1-5,10-14H2,(H,19,20,23). The van der Waals surface area contributed by atoms with Gasteiger partial charge in [0.2, 0.25) is 11.8 Å². The maximum absolute atomic E-state index is 12.5. The molecule has 0 bridgehead atoms. The number of hydrogen-bond acceptors (Lipinski definition) is 4. The minimum absolute atomic E-state index is 0.0201. The monoisotopic (exact) mass is 330 g/mol. The van der Waals surface area contributed by atoms with Crippen LogP contribution in [0.3, 0.4) is 0 Å². The third-order valence-corrected chi connectivity index (χ3v) is 4.97. The van der Waals surface area contributed by atoms with Crippen LogP contribution in [0, 0.1) is 5.92 Å². The summed E-state index contributed by atoms with van der Waals surface area (Å²) in [6.45, 7) is 3.37. The third-order valence-electron chi connectivity index (χ3n) is 4.97. The topological polar surface area (TPSA) is 65.5 Å². The van der Waals surface area contributed by atoms with Crippen molar-refractivity contribution in [3.8, 4) is 0 Å². The molecule has 1 saturated carbocycles. The quantitative estimate of drug-likeness (QED) is 0.913. The Bertz CT molecular complexity index is 549. The van der Waals surface area contributed by atoms with Gasteiger partial charge >= 0.3 is 0 Å². The molecule has 0 aromatic carbocycles. The second kappa shape index (κ2) is 8.24. The number of nitrogens with zero attached hydrogens (tertiary/aromatic N) is 3. The highest BCUT2D eigenvalue weighted by atomic mass is 16.2. The Kier molecular flexibility index (Phi) is 5.80. The van der Waals surface area contributed by atoms with E-state index in [0.717, 1.165) is 44.7 Å². The number of amides is 2. The third kappa shape index (κ3) is 4.54. The van der Waals surface area contributed by atoms with Crippen molar-refractivity contribution >= 4 is 17.5 Å². The first-order chi connectivity index (χ1) is 11.7. The molecule has 0 unspecified atom stereocenters. The number of carbonyl (C=O) groups excluding carboxylic acids is 2. The lowest BCUT2D eigenvalue weighted by Crippen LogP contribution is -2.52. The van der Waals surface area contributed by atoms with E-state index in [9.17, 15) is 9.59 Å². The van der Waals surface area contributed by atoms with Gasteiger partial charge in [-0.1, -0.05) is 19.3 Å². The summed E-state index contributed by atoms with van der Waals surface area (Å²) in [5.74, 6) is 0.545. The molecule has 0 atom stereocenters. The van der Waals surface area contributed by atoms with Gasteiger partial charge in [-0.15, -0.1) is 0 Å². The Labute approximate surface area is 143 Å². The van der Waals surface area contributed by atoms with Gasteiger partial charge in [-0.25, -0.2) is 0 Å².